The van der Waals surface area contributed by atoms with Crippen molar-refractivity contribution in [3.05, 3.63) is 66.4 Å². The minimum absolute atomic E-state index is 0.116. The van der Waals surface area contributed by atoms with E-state index >= 15 is 0 Å². The van der Waals surface area contributed by atoms with Crippen LogP contribution in [0.15, 0.2) is 75.7 Å². The number of sulfone groups is 1. The summed E-state index contributed by atoms with van der Waals surface area (Å²) in [5.41, 5.74) is 7.85. The van der Waals surface area contributed by atoms with Gasteiger partial charge < -0.3 is 11.1 Å². The molecule has 0 saturated carbocycles. The number of amides is 1. The first-order valence-corrected chi connectivity index (χ1v) is 12.2. The zero-order chi connectivity index (χ0) is 22.4. The van der Waals surface area contributed by atoms with Crippen molar-refractivity contribution in [3.63, 3.8) is 0 Å². The molecule has 0 bridgehead atoms. The molecule has 31 heavy (non-hydrogen) atoms. The standard InChI is InChI=1S/C22H24N4O3S2/c1-3-15-10-12-16(13-11-15)25-21(27)18(4-2)30-22-24-14-19(20(23)26-22)31(28,29)17-8-6-5-7-9-17/h5-14,18H,3-4H2,1-2H3,(H,25,27)(H2,23,24,26)/t18-/m1/s1. The van der Waals surface area contributed by atoms with E-state index in [0.717, 1.165) is 18.2 Å². The summed E-state index contributed by atoms with van der Waals surface area (Å²) in [6, 6.07) is 15.6. The van der Waals surface area contributed by atoms with Crippen LogP contribution in [0.1, 0.15) is 25.8 Å². The Labute approximate surface area is 186 Å². The van der Waals surface area contributed by atoms with Crippen molar-refractivity contribution in [2.75, 3.05) is 11.1 Å². The molecule has 2 aromatic carbocycles. The van der Waals surface area contributed by atoms with Crippen LogP contribution >= 0.6 is 11.8 Å². The Hall–Kier alpha value is -2.91. The third kappa shape index (κ3) is 5.42. The number of benzene rings is 2. The summed E-state index contributed by atoms with van der Waals surface area (Å²) < 4.78 is 25.5. The number of nitrogens with two attached hydrogens (primary N) is 1. The maximum atomic E-state index is 12.8. The quantitative estimate of drug-likeness (QED) is 0.389. The molecule has 7 nitrogen and oxygen atoms in total. The molecular formula is C22H24N4O3S2. The largest absolute Gasteiger partial charge is 0.382 e. The fourth-order valence-electron chi connectivity index (χ4n) is 2.85. The number of carbonyl (C=O) groups is 1. The van der Waals surface area contributed by atoms with Crippen LogP contribution in [0.3, 0.4) is 0 Å². The second-order valence-electron chi connectivity index (χ2n) is 6.77. The molecule has 1 amide bonds. The number of hydrogen-bond acceptors (Lipinski definition) is 7. The molecule has 1 aromatic heterocycles. The van der Waals surface area contributed by atoms with Gasteiger partial charge in [0, 0.05) is 5.69 Å². The van der Waals surface area contributed by atoms with Gasteiger partial charge in [-0.2, -0.15) is 0 Å². The van der Waals surface area contributed by atoms with Crippen LogP contribution in [-0.4, -0.2) is 29.5 Å². The number of aromatic nitrogens is 2. The van der Waals surface area contributed by atoms with Crippen LogP contribution in [-0.2, 0) is 21.1 Å². The van der Waals surface area contributed by atoms with Crippen molar-refractivity contribution in [2.24, 2.45) is 0 Å². The Morgan fingerprint density at radius 1 is 1.10 bits per heavy atom. The first-order chi connectivity index (χ1) is 14.8. The smallest absolute Gasteiger partial charge is 0.237 e. The van der Waals surface area contributed by atoms with E-state index < -0.39 is 15.1 Å². The minimum atomic E-state index is -3.82. The normalized spacial score (nSPS) is 12.3. The summed E-state index contributed by atoms with van der Waals surface area (Å²) in [6.07, 6.45) is 2.66. The summed E-state index contributed by atoms with van der Waals surface area (Å²) in [4.78, 5) is 20.9. The van der Waals surface area contributed by atoms with E-state index in [4.69, 9.17) is 5.73 Å². The number of thioether (sulfide) groups is 1. The predicted octanol–water partition coefficient (Wildman–Crippen LogP) is 3.96. The molecule has 1 atom stereocenters. The summed E-state index contributed by atoms with van der Waals surface area (Å²) in [5.74, 6) is -0.327. The molecular weight excluding hydrogens is 432 g/mol. The average Bonchev–Trinajstić information content (AvgIpc) is 2.78. The first kappa shape index (κ1) is 22.8. The maximum absolute atomic E-state index is 12.8. The lowest BCUT2D eigenvalue weighted by molar-refractivity contribution is -0.115. The maximum Gasteiger partial charge on any atom is 0.237 e. The highest BCUT2D eigenvalue weighted by molar-refractivity contribution is 8.00. The van der Waals surface area contributed by atoms with Gasteiger partial charge in [0.2, 0.25) is 15.7 Å². The second kappa shape index (κ2) is 9.93. The van der Waals surface area contributed by atoms with E-state index in [2.05, 4.69) is 22.2 Å². The monoisotopic (exact) mass is 456 g/mol. The summed E-state index contributed by atoms with van der Waals surface area (Å²) in [6.45, 7) is 3.95. The van der Waals surface area contributed by atoms with Crippen molar-refractivity contribution < 1.29 is 13.2 Å². The van der Waals surface area contributed by atoms with Crippen LogP contribution < -0.4 is 11.1 Å². The van der Waals surface area contributed by atoms with Crippen molar-refractivity contribution in [2.45, 2.75) is 46.9 Å². The second-order valence-corrected chi connectivity index (χ2v) is 9.86. The zero-order valence-corrected chi connectivity index (χ0v) is 18.9. The Balaban J connectivity index is 1.75. The van der Waals surface area contributed by atoms with E-state index in [0.29, 0.717) is 12.1 Å². The van der Waals surface area contributed by atoms with Gasteiger partial charge in [-0.3, -0.25) is 4.79 Å². The fraction of sp³-hybridized carbons (Fsp3) is 0.227. The number of rotatable bonds is 8. The molecule has 3 aromatic rings. The van der Waals surface area contributed by atoms with Gasteiger partial charge in [-0.1, -0.05) is 55.9 Å². The van der Waals surface area contributed by atoms with Crippen molar-refractivity contribution in [3.8, 4) is 0 Å². The third-order valence-corrected chi connectivity index (χ3v) is 7.67. The lowest BCUT2D eigenvalue weighted by atomic mass is 10.1. The molecule has 9 heteroatoms. The molecule has 1 heterocycles. The molecule has 0 spiro atoms. The predicted molar refractivity (Wildman–Crippen MR) is 123 cm³/mol. The van der Waals surface area contributed by atoms with Gasteiger partial charge >= 0.3 is 0 Å². The Bertz CT molecular complexity index is 1150. The van der Waals surface area contributed by atoms with E-state index in [1.807, 2.05) is 31.2 Å². The number of hydrogen-bond donors (Lipinski definition) is 2. The summed E-state index contributed by atoms with van der Waals surface area (Å²) in [7, 11) is -3.82. The van der Waals surface area contributed by atoms with Gasteiger partial charge in [-0.05, 0) is 42.7 Å². The minimum Gasteiger partial charge on any atom is -0.382 e. The van der Waals surface area contributed by atoms with Crippen LogP contribution in [0.4, 0.5) is 11.5 Å². The summed E-state index contributed by atoms with van der Waals surface area (Å²) in [5, 5.41) is 2.68. The van der Waals surface area contributed by atoms with Gasteiger partial charge in [0.05, 0.1) is 16.3 Å². The fourth-order valence-corrected chi connectivity index (χ4v) is 4.99. The van der Waals surface area contributed by atoms with E-state index in [-0.39, 0.29) is 26.7 Å². The number of carbonyl (C=O) groups excluding carboxylic acids is 1. The van der Waals surface area contributed by atoms with Gasteiger partial charge in [-0.25, -0.2) is 18.4 Å². The highest BCUT2D eigenvalue weighted by Crippen LogP contribution is 2.28. The zero-order valence-electron chi connectivity index (χ0n) is 17.3. The SMILES string of the molecule is CCc1ccc(NC(=O)[C@@H](CC)Sc2ncc(S(=O)(=O)c3ccccc3)c(N)n2)cc1. The number of nitrogens with one attached hydrogen (secondary N) is 1. The molecule has 0 aliphatic heterocycles. The number of anilines is 2. The highest BCUT2D eigenvalue weighted by atomic mass is 32.2. The molecule has 162 valence electrons. The third-order valence-electron chi connectivity index (χ3n) is 4.64. The first-order valence-electron chi connectivity index (χ1n) is 9.84. The molecule has 3 N–H and O–H groups in total. The molecule has 0 saturated heterocycles. The molecule has 0 aliphatic rings. The number of nitrogens with zero attached hydrogens (tertiary/aromatic N) is 2. The van der Waals surface area contributed by atoms with E-state index in [1.54, 1.807) is 18.2 Å². The molecule has 0 radical (unpaired) electrons. The molecule has 0 fully saturated rings. The Morgan fingerprint density at radius 2 is 1.77 bits per heavy atom. The van der Waals surface area contributed by atoms with Gasteiger partial charge in [0.15, 0.2) is 5.16 Å². The van der Waals surface area contributed by atoms with Crippen molar-refractivity contribution in [1.82, 2.24) is 9.97 Å². The average molecular weight is 457 g/mol. The molecule has 3 rings (SSSR count). The van der Waals surface area contributed by atoms with Gasteiger partial charge in [0.1, 0.15) is 10.7 Å². The topological polar surface area (TPSA) is 115 Å². The highest BCUT2D eigenvalue weighted by Gasteiger charge is 2.24. The van der Waals surface area contributed by atoms with Crippen LogP contribution in [0, 0.1) is 0 Å². The van der Waals surface area contributed by atoms with E-state index in [9.17, 15) is 13.2 Å². The van der Waals surface area contributed by atoms with Gasteiger partial charge in [-0.15, -0.1) is 0 Å². The van der Waals surface area contributed by atoms with Gasteiger partial charge in [0.25, 0.3) is 0 Å². The molecule has 0 unspecified atom stereocenters. The van der Waals surface area contributed by atoms with Crippen LogP contribution in [0.5, 0.6) is 0 Å². The van der Waals surface area contributed by atoms with Crippen molar-refractivity contribution >= 4 is 39.0 Å². The van der Waals surface area contributed by atoms with E-state index in [1.165, 1.54) is 23.9 Å². The summed E-state index contributed by atoms with van der Waals surface area (Å²) >= 11 is 1.14. The lowest BCUT2D eigenvalue weighted by Crippen LogP contribution is -2.25. The van der Waals surface area contributed by atoms with Crippen LogP contribution in [0.25, 0.3) is 0 Å². The van der Waals surface area contributed by atoms with Crippen LogP contribution in [0.2, 0.25) is 0 Å². The number of nitrogen functional groups attached to an aromatic ring is 1. The Kier molecular flexibility index (Phi) is 7.29. The number of aryl methyl sites for hydroxylation is 1. The van der Waals surface area contributed by atoms with Crippen molar-refractivity contribution in [1.29, 1.82) is 0 Å². The lowest BCUT2D eigenvalue weighted by Gasteiger charge is -2.15. The molecule has 0 aliphatic carbocycles. The Morgan fingerprint density at radius 3 is 2.35 bits per heavy atom.